The highest BCUT2D eigenvalue weighted by Crippen LogP contribution is 2.15. The predicted octanol–water partition coefficient (Wildman–Crippen LogP) is 2.50. The number of ether oxygens (including phenoxy) is 2. The first-order valence-electron chi connectivity index (χ1n) is 12.3. The summed E-state index contributed by atoms with van der Waals surface area (Å²) in [6, 6.07) is 7.93. The Hall–Kier alpha value is -2.72. The van der Waals surface area contributed by atoms with Gasteiger partial charge in [0.25, 0.3) is 0 Å². The molecule has 4 N–H and O–H groups in total. The lowest BCUT2D eigenvalue weighted by Crippen LogP contribution is -2.51. The minimum absolute atomic E-state index is 0.0642. The number of thiocarbonyl (C=S) groups is 1. The summed E-state index contributed by atoms with van der Waals surface area (Å²) >= 11 is 5.51. The molecular formula is C26H40N4O5S. The van der Waals surface area contributed by atoms with E-state index in [-0.39, 0.29) is 36.1 Å². The number of rotatable bonds is 9. The van der Waals surface area contributed by atoms with Crippen LogP contribution in [0.3, 0.4) is 0 Å². The highest BCUT2D eigenvalue weighted by Gasteiger charge is 2.31. The minimum Gasteiger partial charge on any atom is -0.460 e. The van der Waals surface area contributed by atoms with E-state index in [9.17, 15) is 14.4 Å². The van der Waals surface area contributed by atoms with Crippen molar-refractivity contribution in [1.29, 1.82) is 0 Å². The van der Waals surface area contributed by atoms with E-state index >= 15 is 0 Å². The fourth-order valence-corrected chi connectivity index (χ4v) is 3.93. The highest BCUT2D eigenvalue weighted by molar-refractivity contribution is 7.80. The van der Waals surface area contributed by atoms with Crippen molar-refractivity contribution in [2.75, 3.05) is 13.1 Å². The van der Waals surface area contributed by atoms with E-state index in [1.54, 1.807) is 41.5 Å². The number of carbonyl (C=O) groups excluding carboxylic acids is 3. The Morgan fingerprint density at radius 2 is 1.67 bits per heavy atom. The van der Waals surface area contributed by atoms with Crippen molar-refractivity contribution in [1.82, 2.24) is 21.3 Å². The molecule has 0 aliphatic carbocycles. The van der Waals surface area contributed by atoms with E-state index < -0.39 is 29.2 Å². The third kappa shape index (κ3) is 10.9. The molecule has 1 aromatic rings. The molecule has 1 heterocycles. The maximum atomic E-state index is 12.9. The van der Waals surface area contributed by atoms with Crippen molar-refractivity contribution >= 4 is 35.2 Å². The van der Waals surface area contributed by atoms with Gasteiger partial charge in [-0.25, -0.2) is 4.79 Å². The number of benzene rings is 1. The van der Waals surface area contributed by atoms with E-state index in [2.05, 4.69) is 21.3 Å². The first-order chi connectivity index (χ1) is 16.7. The van der Waals surface area contributed by atoms with Gasteiger partial charge in [-0.3, -0.25) is 9.59 Å². The van der Waals surface area contributed by atoms with Gasteiger partial charge in [0.05, 0.1) is 18.5 Å². The number of amides is 1. The Morgan fingerprint density at radius 3 is 2.22 bits per heavy atom. The highest BCUT2D eigenvalue weighted by atomic mass is 32.1. The predicted molar refractivity (Wildman–Crippen MR) is 142 cm³/mol. The van der Waals surface area contributed by atoms with Gasteiger partial charge in [-0.05, 0) is 78.7 Å². The molecule has 0 unspecified atom stereocenters. The number of esters is 2. The molecule has 0 aromatic heterocycles. The molecule has 2 rings (SSSR count). The van der Waals surface area contributed by atoms with E-state index in [4.69, 9.17) is 21.7 Å². The standard InChI is InChI=1S/C26H40N4O5S/c1-25(2,3)34-21(31)15-19(23(33)35-26(4,5)6)29-24(36)30-20(17-11-8-7-9-12-17)16-28-22(32)18-13-10-14-27-18/h7-9,11-12,18-20,27H,10,13-16H2,1-6H3,(H,28,32)(H2,29,30,36)/t18-,19-,20+/m0/s1. The SMILES string of the molecule is CC(C)(C)OC(=O)C[C@H](NC(=S)N[C@H](CNC(=O)[C@@H]1CCCN1)c1ccccc1)C(=O)OC(C)(C)C. The first kappa shape index (κ1) is 29.5. The monoisotopic (exact) mass is 520 g/mol. The number of hydrogen-bond donors (Lipinski definition) is 4. The quantitative estimate of drug-likeness (QED) is 0.288. The lowest BCUT2D eigenvalue weighted by Gasteiger charge is -2.28. The molecule has 10 heteroatoms. The second-order valence-corrected chi connectivity index (χ2v) is 11.3. The van der Waals surface area contributed by atoms with Crippen molar-refractivity contribution in [2.24, 2.45) is 0 Å². The van der Waals surface area contributed by atoms with Gasteiger partial charge >= 0.3 is 11.9 Å². The molecule has 1 fully saturated rings. The largest absolute Gasteiger partial charge is 0.460 e. The van der Waals surface area contributed by atoms with Crippen LogP contribution in [0.25, 0.3) is 0 Å². The minimum atomic E-state index is -1.05. The van der Waals surface area contributed by atoms with Crippen molar-refractivity contribution in [2.45, 2.75) is 90.1 Å². The molecule has 36 heavy (non-hydrogen) atoms. The van der Waals surface area contributed by atoms with Crippen LogP contribution in [-0.2, 0) is 23.9 Å². The van der Waals surface area contributed by atoms with E-state index in [0.717, 1.165) is 24.9 Å². The summed E-state index contributed by atoms with van der Waals surface area (Å²) in [7, 11) is 0. The van der Waals surface area contributed by atoms with Gasteiger partial charge in [-0.15, -0.1) is 0 Å². The summed E-state index contributed by atoms with van der Waals surface area (Å²) in [5.74, 6) is -1.23. The zero-order chi connectivity index (χ0) is 26.9. The van der Waals surface area contributed by atoms with Crippen LogP contribution >= 0.6 is 12.2 Å². The second-order valence-electron chi connectivity index (χ2n) is 10.9. The summed E-state index contributed by atoms with van der Waals surface area (Å²) in [6.45, 7) is 11.6. The van der Waals surface area contributed by atoms with Crippen LogP contribution in [0.5, 0.6) is 0 Å². The molecule has 0 bridgehead atoms. The van der Waals surface area contributed by atoms with Crippen molar-refractivity contribution in [3.63, 3.8) is 0 Å². The van der Waals surface area contributed by atoms with Crippen LogP contribution in [0.15, 0.2) is 30.3 Å². The average Bonchev–Trinajstić information content (AvgIpc) is 3.29. The Balaban J connectivity index is 2.11. The van der Waals surface area contributed by atoms with Crippen LogP contribution in [-0.4, -0.2) is 59.3 Å². The molecule has 200 valence electrons. The maximum absolute atomic E-state index is 12.9. The smallest absolute Gasteiger partial charge is 0.329 e. The molecule has 0 radical (unpaired) electrons. The zero-order valence-corrected chi connectivity index (χ0v) is 22.9. The molecule has 0 spiro atoms. The summed E-state index contributed by atoms with van der Waals surface area (Å²) < 4.78 is 10.9. The topological polar surface area (TPSA) is 118 Å². The summed E-state index contributed by atoms with van der Waals surface area (Å²) in [5, 5.41) is 12.4. The van der Waals surface area contributed by atoms with Gasteiger partial charge in [0.1, 0.15) is 17.2 Å². The van der Waals surface area contributed by atoms with Gasteiger partial charge in [0.15, 0.2) is 5.11 Å². The van der Waals surface area contributed by atoms with Crippen LogP contribution < -0.4 is 21.3 Å². The van der Waals surface area contributed by atoms with Crippen molar-refractivity contribution in [3.8, 4) is 0 Å². The molecule has 1 aromatic carbocycles. The van der Waals surface area contributed by atoms with Gasteiger partial charge in [0, 0.05) is 6.54 Å². The molecule has 1 aliphatic heterocycles. The molecule has 9 nitrogen and oxygen atoms in total. The molecule has 0 saturated carbocycles. The van der Waals surface area contributed by atoms with E-state index in [1.165, 1.54) is 0 Å². The molecule has 1 aliphatic rings. The maximum Gasteiger partial charge on any atom is 0.329 e. The third-order valence-corrected chi connectivity index (χ3v) is 5.39. The zero-order valence-electron chi connectivity index (χ0n) is 22.1. The van der Waals surface area contributed by atoms with Crippen molar-refractivity contribution in [3.05, 3.63) is 35.9 Å². The van der Waals surface area contributed by atoms with Gasteiger partial charge in [-0.1, -0.05) is 30.3 Å². The van der Waals surface area contributed by atoms with Crippen LogP contribution in [0.2, 0.25) is 0 Å². The fourth-order valence-electron chi connectivity index (χ4n) is 3.65. The Bertz CT molecular complexity index is 905. The first-order valence-corrected chi connectivity index (χ1v) is 12.7. The molecule has 1 amide bonds. The van der Waals surface area contributed by atoms with Gasteiger partial charge in [-0.2, -0.15) is 0 Å². The van der Waals surface area contributed by atoms with Gasteiger partial charge in [0.2, 0.25) is 5.91 Å². The second kappa shape index (κ2) is 13.0. The third-order valence-electron chi connectivity index (χ3n) is 5.15. The van der Waals surface area contributed by atoms with Crippen LogP contribution in [0.1, 0.15) is 72.4 Å². The summed E-state index contributed by atoms with van der Waals surface area (Å²) in [6.07, 6.45) is 1.52. The van der Waals surface area contributed by atoms with Crippen LogP contribution in [0, 0.1) is 0 Å². The molecule has 3 atom stereocenters. The Kier molecular flexibility index (Phi) is 10.7. The number of carbonyl (C=O) groups is 3. The van der Waals surface area contributed by atoms with E-state index in [1.807, 2.05) is 30.3 Å². The van der Waals surface area contributed by atoms with E-state index in [0.29, 0.717) is 0 Å². The van der Waals surface area contributed by atoms with Crippen LogP contribution in [0.4, 0.5) is 0 Å². The van der Waals surface area contributed by atoms with Crippen molar-refractivity contribution < 1.29 is 23.9 Å². The number of nitrogens with one attached hydrogen (secondary N) is 4. The van der Waals surface area contributed by atoms with Gasteiger partial charge < -0.3 is 30.7 Å². The normalized spacial score (nSPS) is 17.4. The fraction of sp³-hybridized carbons (Fsp3) is 0.615. The lowest BCUT2D eigenvalue weighted by molar-refractivity contribution is -0.164. The molecule has 1 saturated heterocycles. The Labute approximate surface area is 219 Å². The number of hydrogen-bond acceptors (Lipinski definition) is 7. The summed E-state index contributed by atoms with van der Waals surface area (Å²) in [5.41, 5.74) is -0.535. The molecular weight excluding hydrogens is 480 g/mol. The summed E-state index contributed by atoms with van der Waals surface area (Å²) in [4.78, 5) is 37.9. The average molecular weight is 521 g/mol. The Morgan fingerprint density at radius 1 is 1.03 bits per heavy atom. The lowest BCUT2D eigenvalue weighted by atomic mass is 10.1.